The van der Waals surface area contributed by atoms with Crippen molar-refractivity contribution in [1.29, 1.82) is 0 Å². The number of hydrogen-bond acceptors (Lipinski definition) is 6. The van der Waals surface area contributed by atoms with Gasteiger partial charge in [-0.15, -0.1) is 0 Å². The standard InChI is InChI=1S/C22H30N6O2S/c1-11(2)15-10-12(6-8-24-15)28-16-7-9-25-21-17(16)18(27-22(28)30)19(31-21)20(29)26-14-5-3-4-13(14)23/h6,8,10-11,13-14,16-17,21,25H,3-5,7,9,23H2,1-2H3,(H,26,29)(H,27,30)/t13-,14-,16?,17?,21?/m1/s1. The van der Waals surface area contributed by atoms with Gasteiger partial charge in [0.15, 0.2) is 0 Å². The summed E-state index contributed by atoms with van der Waals surface area (Å²) < 4.78 is 0. The van der Waals surface area contributed by atoms with E-state index < -0.39 is 0 Å². The summed E-state index contributed by atoms with van der Waals surface area (Å²) in [5, 5.41) is 9.79. The third kappa shape index (κ3) is 3.62. The predicted molar refractivity (Wildman–Crippen MR) is 121 cm³/mol. The molecule has 5 N–H and O–H groups in total. The molecular weight excluding hydrogens is 412 g/mol. The van der Waals surface area contributed by atoms with E-state index in [1.165, 1.54) is 11.8 Å². The van der Waals surface area contributed by atoms with Crippen LogP contribution in [0.25, 0.3) is 0 Å². The molecule has 2 saturated heterocycles. The second-order valence-electron chi connectivity index (χ2n) is 9.19. The van der Waals surface area contributed by atoms with Crippen LogP contribution in [-0.4, -0.2) is 47.0 Å². The molecule has 4 aliphatic rings. The summed E-state index contributed by atoms with van der Waals surface area (Å²) in [6, 6.07) is 3.75. The molecule has 0 aromatic carbocycles. The highest BCUT2D eigenvalue weighted by Gasteiger charge is 2.52. The Morgan fingerprint density at radius 2 is 2.19 bits per heavy atom. The number of nitrogens with two attached hydrogens (primary N) is 1. The Bertz CT molecular complexity index is 934. The van der Waals surface area contributed by atoms with Crippen LogP contribution in [0.4, 0.5) is 10.5 Å². The second kappa shape index (κ2) is 8.11. The summed E-state index contributed by atoms with van der Waals surface area (Å²) in [6.07, 6.45) is 5.49. The molecule has 3 unspecified atom stereocenters. The lowest BCUT2D eigenvalue weighted by atomic mass is 9.86. The van der Waals surface area contributed by atoms with Crippen LogP contribution in [0, 0.1) is 5.92 Å². The largest absolute Gasteiger partial charge is 0.347 e. The van der Waals surface area contributed by atoms with Crippen molar-refractivity contribution in [3.8, 4) is 0 Å². The summed E-state index contributed by atoms with van der Waals surface area (Å²) in [7, 11) is 0. The molecule has 8 nitrogen and oxygen atoms in total. The van der Waals surface area contributed by atoms with E-state index in [1.807, 2.05) is 17.0 Å². The van der Waals surface area contributed by atoms with E-state index in [9.17, 15) is 9.59 Å². The SMILES string of the molecule is CC(C)c1cc(N2C(=O)NC3=C(C(=O)N[C@@H]4CCC[C@H]4N)SC4NCCC2C34)ccn1. The van der Waals surface area contributed by atoms with Crippen LogP contribution in [0.15, 0.2) is 28.9 Å². The number of hydrogen-bond donors (Lipinski definition) is 4. The van der Waals surface area contributed by atoms with Crippen molar-refractivity contribution in [2.45, 2.75) is 68.9 Å². The first kappa shape index (κ1) is 20.8. The fraction of sp³-hybridized carbons (Fsp3) is 0.591. The lowest BCUT2D eigenvalue weighted by Gasteiger charge is -2.45. The highest BCUT2D eigenvalue weighted by molar-refractivity contribution is 8.04. The van der Waals surface area contributed by atoms with Crippen molar-refractivity contribution in [1.82, 2.24) is 20.9 Å². The summed E-state index contributed by atoms with van der Waals surface area (Å²) in [6.45, 7) is 5.00. The summed E-state index contributed by atoms with van der Waals surface area (Å²) in [5.74, 6) is 0.213. The smallest absolute Gasteiger partial charge is 0.326 e. The number of piperidine rings is 1. The molecule has 31 heavy (non-hydrogen) atoms. The minimum atomic E-state index is -0.178. The number of carbonyl (C=O) groups is 2. The van der Waals surface area contributed by atoms with Gasteiger partial charge in [-0.2, -0.15) is 0 Å². The molecule has 1 aliphatic carbocycles. The van der Waals surface area contributed by atoms with Gasteiger partial charge in [0.1, 0.15) is 0 Å². The van der Waals surface area contributed by atoms with Gasteiger partial charge in [-0.25, -0.2) is 4.79 Å². The Balaban J connectivity index is 1.45. The molecular formula is C22H30N6O2S. The van der Waals surface area contributed by atoms with E-state index in [4.69, 9.17) is 5.73 Å². The molecule has 3 aliphatic heterocycles. The Morgan fingerprint density at radius 3 is 2.94 bits per heavy atom. The summed E-state index contributed by atoms with van der Waals surface area (Å²) in [5.41, 5.74) is 8.74. The van der Waals surface area contributed by atoms with Gasteiger partial charge >= 0.3 is 6.03 Å². The molecule has 0 spiro atoms. The third-order valence-electron chi connectivity index (χ3n) is 6.87. The van der Waals surface area contributed by atoms with Crippen molar-refractivity contribution in [2.24, 2.45) is 11.7 Å². The van der Waals surface area contributed by atoms with Gasteiger partial charge in [-0.3, -0.25) is 14.7 Å². The van der Waals surface area contributed by atoms with Crippen LogP contribution < -0.4 is 26.6 Å². The molecule has 5 rings (SSSR count). The van der Waals surface area contributed by atoms with Crippen LogP contribution in [0.5, 0.6) is 0 Å². The molecule has 1 saturated carbocycles. The highest BCUT2D eigenvalue weighted by Crippen LogP contribution is 2.48. The molecule has 0 bridgehead atoms. The average Bonchev–Trinajstić information content (AvgIpc) is 3.32. The predicted octanol–water partition coefficient (Wildman–Crippen LogP) is 1.99. The fourth-order valence-electron chi connectivity index (χ4n) is 5.23. The van der Waals surface area contributed by atoms with Crippen molar-refractivity contribution in [3.63, 3.8) is 0 Å². The van der Waals surface area contributed by atoms with Gasteiger partial charge in [0, 0.05) is 41.3 Å². The number of pyridine rings is 1. The Labute approximate surface area is 186 Å². The Morgan fingerprint density at radius 1 is 1.35 bits per heavy atom. The summed E-state index contributed by atoms with van der Waals surface area (Å²) in [4.78, 5) is 33.3. The zero-order valence-corrected chi connectivity index (χ0v) is 18.7. The van der Waals surface area contributed by atoms with Crippen molar-refractivity contribution < 1.29 is 9.59 Å². The molecule has 3 fully saturated rings. The average molecular weight is 443 g/mol. The number of thioether (sulfide) groups is 1. The zero-order valence-electron chi connectivity index (χ0n) is 17.9. The first-order chi connectivity index (χ1) is 14.9. The second-order valence-corrected chi connectivity index (χ2v) is 10.3. The number of nitrogens with one attached hydrogen (secondary N) is 3. The number of anilines is 1. The number of aromatic nitrogens is 1. The van der Waals surface area contributed by atoms with Gasteiger partial charge in [0.05, 0.1) is 16.3 Å². The van der Waals surface area contributed by atoms with E-state index >= 15 is 0 Å². The van der Waals surface area contributed by atoms with Crippen LogP contribution in [-0.2, 0) is 4.79 Å². The fourth-order valence-corrected chi connectivity index (χ4v) is 6.63. The van der Waals surface area contributed by atoms with Crippen LogP contribution in [0.3, 0.4) is 0 Å². The molecule has 0 radical (unpaired) electrons. The van der Waals surface area contributed by atoms with Crippen LogP contribution >= 0.6 is 11.8 Å². The zero-order chi connectivity index (χ0) is 21.7. The van der Waals surface area contributed by atoms with Gasteiger partial charge < -0.3 is 21.7 Å². The highest BCUT2D eigenvalue weighted by atomic mass is 32.2. The number of carbonyl (C=O) groups excluding carboxylic acids is 2. The van der Waals surface area contributed by atoms with Gasteiger partial charge in [-0.1, -0.05) is 25.6 Å². The molecule has 166 valence electrons. The van der Waals surface area contributed by atoms with Gasteiger partial charge in [0.2, 0.25) is 0 Å². The molecule has 3 amide bonds. The van der Waals surface area contributed by atoms with Gasteiger partial charge in [0.25, 0.3) is 5.91 Å². The van der Waals surface area contributed by atoms with Crippen molar-refractivity contribution in [2.75, 3.05) is 11.4 Å². The minimum absolute atomic E-state index is 0.00366. The van der Waals surface area contributed by atoms with Crippen molar-refractivity contribution in [3.05, 3.63) is 34.6 Å². The molecule has 1 aromatic heterocycles. The monoisotopic (exact) mass is 442 g/mol. The third-order valence-corrected chi connectivity index (χ3v) is 8.22. The molecule has 9 heteroatoms. The quantitative estimate of drug-likeness (QED) is 0.567. The van der Waals surface area contributed by atoms with Crippen LogP contribution in [0.1, 0.15) is 51.1 Å². The van der Waals surface area contributed by atoms with Crippen LogP contribution in [0.2, 0.25) is 0 Å². The normalized spacial score (nSPS) is 32.3. The van der Waals surface area contributed by atoms with Crippen molar-refractivity contribution >= 4 is 29.4 Å². The van der Waals surface area contributed by atoms with E-state index in [-0.39, 0.29) is 47.3 Å². The Kier molecular flexibility index (Phi) is 5.44. The maximum Gasteiger partial charge on any atom is 0.326 e. The molecule has 4 heterocycles. The molecule has 1 aromatic rings. The number of rotatable bonds is 4. The topological polar surface area (TPSA) is 112 Å². The maximum atomic E-state index is 13.3. The maximum absolute atomic E-state index is 13.3. The lowest BCUT2D eigenvalue weighted by molar-refractivity contribution is -0.117. The molecule has 5 atom stereocenters. The number of amides is 3. The van der Waals surface area contributed by atoms with E-state index in [0.29, 0.717) is 4.91 Å². The Hall–Kier alpha value is -2.10. The number of urea groups is 1. The van der Waals surface area contributed by atoms with E-state index in [2.05, 4.69) is 34.8 Å². The summed E-state index contributed by atoms with van der Waals surface area (Å²) >= 11 is 1.53. The van der Waals surface area contributed by atoms with E-state index in [0.717, 1.165) is 49.3 Å². The lowest BCUT2D eigenvalue weighted by Crippen LogP contribution is -2.62. The van der Waals surface area contributed by atoms with E-state index in [1.54, 1.807) is 6.20 Å². The first-order valence-corrected chi connectivity index (χ1v) is 12.1. The minimum Gasteiger partial charge on any atom is -0.347 e. The van der Waals surface area contributed by atoms with Gasteiger partial charge in [-0.05, 0) is 50.3 Å². The first-order valence-electron chi connectivity index (χ1n) is 11.2. The number of nitrogens with zero attached hydrogens (tertiary/aromatic N) is 2.